The number of hydrogen-bond acceptors (Lipinski definition) is 5. The van der Waals surface area contributed by atoms with Crippen molar-refractivity contribution < 1.29 is 0 Å². The van der Waals surface area contributed by atoms with Gasteiger partial charge < -0.3 is 15.1 Å². The highest BCUT2D eigenvalue weighted by Gasteiger charge is 2.15. The van der Waals surface area contributed by atoms with Gasteiger partial charge in [0.1, 0.15) is 18.0 Å². The van der Waals surface area contributed by atoms with Gasteiger partial charge in [0.25, 0.3) is 0 Å². The summed E-state index contributed by atoms with van der Waals surface area (Å²) >= 11 is 0. The van der Waals surface area contributed by atoms with Gasteiger partial charge >= 0.3 is 0 Å². The van der Waals surface area contributed by atoms with Crippen LogP contribution in [-0.2, 0) is 6.54 Å². The number of aryl methyl sites for hydroxylation is 1. The van der Waals surface area contributed by atoms with Crippen molar-refractivity contribution in [3.8, 4) is 0 Å². The molecule has 1 N–H and O–H groups in total. The maximum Gasteiger partial charge on any atom is 0.134 e. The zero-order chi connectivity index (χ0) is 15.4. The Bertz CT molecular complexity index is 620. The summed E-state index contributed by atoms with van der Waals surface area (Å²) in [5.74, 6) is 1.89. The van der Waals surface area contributed by atoms with E-state index in [1.807, 2.05) is 6.07 Å². The SMILES string of the molecule is Cc1cccc(CNc2cc(N3CCN(C)CC3)ncn2)c1. The third kappa shape index (κ3) is 3.74. The number of benzene rings is 1. The Hall–Kier alpha value is -2.14. The molecule has 3 rings (SSSR count). The lowest BCUT2D eigenvalue weighted by atomic mass is 10.1. The van der Waals surface area contributed by atoms with Crippen molar-refractivity contribution >= 4 is 11.6 Å². The van der Waals surface area contributed by atoms with Gasteiger partial charge in [0.05, 0.1) is 0 Å². The first-order valence-corrected chi connectivity index (χ1v) is 7.76. The molecule has 0 atom stereocenters. The molecule has 1 aromatic carbocycles. The van der Waals surface area contributed by atoms with Gasteiger partial charge in [-0.3, -0.25) is 0 Å². The normalized spacial score (nSPS) is 15.8. The fraction of sp³-hybridized carbons (Fsp3) is 0.412. The standard InChI is InChI=1S/C17H23N5/c1-14-4-3-5-15(10-14)12-18-16-11-17(20-13-19-16)22-8-6-21(2)7-9-22/h3-5,10-11,13H,6-9,12H2,1-2H3,(H,18,19,20). The minimum absolute atomic E-state index is 0.779. The third-order valence-electron chi connectivity index (χ3n) is 4.04. The van der Waals surface area contributed by atoms with Crippen LogP contribution in [0.3, 0.4) is 0 Å². The average molecular weight is 297 g/mol. The fourth-order valence-corrected chi connectivity index (χ4v) is 2.67. The lowest BCUT2D eigenvalue weighted by molar-refractivity contribution is 0.312. The minimum Gasteiger partial charge on any atom is -0.366 e. The van der Waals surface area contributed by atoms with E-state index in [1.165, 1.54) is 11.1 Å². The van der Waals surface area contributed by atoms with Gasteiger partial charge in [-0.15, -0.1) is 0 Å². The summed E-state index contributed by atoms with van der Waals surface area (Å²) in [5, 5.41) is 3.39. The molecule has 1 saturated heterocycles. The molecule has 0 unspecified atom stereocenters. The number of nitrogens with zero attached hydrogens (tertiary/aromatic N) is 4. The first kappa shape index (κ1) is 14.8. The lowest BCUT2D eigenvalue weighted by Crippen LogP contribution is -2.44. The molecule has 0 bridgehead atoms. The third-order valence-corrected chi connectivity index (χ3v) is 4.04. The number of nitrogens with one attached hydrogen (secondary N) is 1. The molecule has 1 aliphatic rings. The van der Waals surface area contributed by atoms with Gasteiger partial charge in [0.15, 0.2) is 0 Å². The van der Waals surface area contributed by atoms with E-state index in [0.717, 1.165) is 44.4 Å². The number of likely N-dealkylation sites (N-methyl/N-ethyl adjacent to an activating group) is 1. The van der Waals surface area contributed by atoms with E-state index in [1.54, 1.807) is 6.33 Å². The predicted molar refractivity (Wildman–Crippen MR) is 90.2 cm³/mol. The zero-order valence-corrected chi connectivity index (χ0v) is 13.3. The van der Waals surface area contributed by atoms with E-state index in [2.05, 4.69) is 63.3 Å². The fourth-order valence-electron chi connectivity index (χ4n) is 2.67. The first-order chi connectivity index (χ1) is 10.7. The van der Waals surface area contributed by atoms with Gasteiger partial charge in [-0.05, 0) is 19.5 Å². The van der Waals surface area contributed by atoms with Gasteiger partial charge in [-0.2, -0.15) is 0 Å². The molecule has 116 valence electrons. The van der Waals surface area contributed by atoms with Gasteiger partial charge in [0, 0.05) is 38.8 Å². The Labute approximate surface area is 132 Å². The molecule has 2 aromatic rings. The molecule has 0 spiro atoms. The molecule has 5 heteroatoms. The van der Waals surface area contributed by atoms with E-state index >= 15 is 0 Å². The van der Waals surface area contributed by atoms with Crippen LogP contribution < -0.4 is 10.2 Å². The summed E-state index contributed by atoms with van der Waals surface area (Å²) in [4.78, 5) is 13.4. The van der Waals surface area contributed by atoms with Crippen LogP contribution in [0.25, 0.3) is 0 Å². The van der Waals surface area contributed by atoms with Crippen LogP contribution in [0.5, 0.6) is 0 Å². The average Bonchev–Trinajstić information content (AvgIpc) is 2.54. The second-order valence-corrected chi connectivity index (χ2v) is 5.89. The van der Waals surface area contributed by atoms with Crippen molar-refractivity contribution in [2.75, 3.05) is 43.4 Å². The molecular weight excluding hydrogens is 274 g/mol. The molecule has 0 saturated carbocycles. The second kappa shape index (κ2) is 6.75. The maximum absolute atomic E-state index is 4.41. The maximum atomic E-state index is 4.41. The highest BCUT2D eigenvalue weighted by molar-refractivity contribution is 5.49. The van der Waals surface area contributed by atoms with Gasteiger partial charge in [-0.25, -0.2) is 9.97 Å². The second-order valence-electron chi connectivity index (χ2n) is 5.89. The minimum atomic E-state index is 0.779. The van der Waals surface area contributed by atoms with Crippen molar-refractivity contribution in [1.82, 2.24) is 14.9 Å². The Kier molecular flexibility index (Phi) is 4.53. The van der Waals surface area contributed by atoms with Crippen LogP contribution in [0.15, 0.2) is 36.7 Å². The number of anilines is 2. The molecule has 1 fully saturated rings. The van der Waals surface area contributed by atoms with Crippen LogP contribution in [-0.4, -0.2) is 48.1 Å². The quantitative estimate of drug-likeness (QED) is 0.937. The largest absolute Gasteiger partial charge is 0.366 e. The summed E-state index contributed by atoms with van der Waals surface area (Å²) in [6, 6.07) is 10.6. The van der Waals surface area contributed by atoms with Crippen molar-refractivity contribution in [3.05, 3.63) is 47.8 Å². The van der Waals surface area contributed by atoms with Crippen LogP contribution in [0.2, 0.25) is 0 Å². The predicted octanol–water partition coefficient (Wildman–Crippen LogP) is 2.15. The molecule has 0 amide bonds. The lowest BCUT2D eigenvalue weighted by Gasteiger charge is -2.33. The molecule has 0 aliphatic carbocycles. The van der Waals surface area contributed by atoms with Crippen molar-refractivity contribution in [2.24, 2.45) is 0 Å². The van der Waals surface area contributed by atoms with E-state index < -0.39 is 0 Å². The Morgan fingerprint density at radius 1 is 1.09 bits per heavy atom. The van der Waals surface area contributed by atoms with Crippen LogP contribution in [0.1, 0.15) is 11.1 Å². The van der Waals surface area contributed by atoms with Crippen molar-refractivity contribution in [2.45, 2.75) is 13.5 Å². The molecular formula is C17H23N5. The molecule has 1 aliphatic heterocycles. The van der Waals surface area contributed by atoms with Crippen molar-refractivity contribution in [3.63, 3.8) is 0 Å². The smallest absolute Gasteiger partial charge is 0.134 e. The number of piperazine rings is 1. The molecule has 5 nitrogen and oxygen atoms in total. The Morgan fingerprint density at radius 3 is 2.68 bits per heavy atom. The Balaban J connectivity index is 1.64. The van der Waals surface area contributed by atoms with E-state index in [-0.39, 0.29) is 0 Å². The summed E-state index contributed by atoms with van der Waals surface area (Å²) in [7, 11) is 2.16. The topological polar surface area (TPSA) is 44.3 Å². The first-order valence-electron chi connectivity index (χ1n) is 7.76. The monoisotopic (exact) mass is 297 g/mol. The van der Waals surface area contributed by atoms with Gasteiger partial charge in [0.2, 0.25) is 0 Å². The molecule has 22 heavy (non-hydrogen) atoms. The Morgan fingerprint density at radius 2 is 1.91 bits per heavy atom. The van der Waals surface area contributed by atoms with Gasteiger partial charge in [-0.1, -0.05) is 29.8 Å². The highest BCUT2D eigenvalue weighted by Crippen LogP contribution is 2.16. The van der Waals surface area contributed by atoms with E-state index in [4.69, 9.17) is 0 Å². The highest BCUT2D eigenvalue weighted by atomic mass is 15.3. The summed E-state index contributed by atoms with van der Waals surface area (Å²) in [5.41, 5.74) is 2.54. The molecule has 2 heterocycles. The number of hydrogen-bond donors (Lipinski definition) is 1. The van der Waals surface area contributed by atoms with Crippen LogP contribution in [0.4, 0.5) is 11.6 Å². The van der Waals surface area contributed by atoms with E-state index in [0.29, 0.717) is 0 Å². The van der Waals surface area contributed by atoms with E-state index in [9.17, 15) is 0 Å². The number of aromatic nitrogens is 2. The van der Waals surface area contributed by atoms with Crippen molar-refractivity contribution in [1.29, 1.82) is 0 Å². The number of rotatable bonds is 4. The zero-order valence-electron chi connectivity index (χ0n) is 13.3. The van der Waals surface area contributed by atoms with Crippen LogP contribution in [0, 0.1) is 6.92 Å². The summed E-state index contributed by atoms with van der Waals surface area (Å²) in [6.45, 7) is 7.09. The van der Waals surface area contributed by atoms with Crippen LogP contribution >= 0.6 is 0 Å². The summed E-state index contributed by atoms with van der Waals surface area (Å²) in [6.07, 6.45) is 1.65. The summed E-state index contributed by atoms with van der Waals surface area (Å²) < 4.78 is 0. The molecule has 0 radical (unpaired) electrons. The molecule has 1 aromatic heterocycles.